The van der Waals surface area contributed by atoms with Gasteiger partial charge in [-0.15, -0.1) is 0 Å². The third-order valence-electron chi connectivity index (χ3n) is 4.98. The largest absolute Gasteiger partial charge is 0.306 e. The Morgan fingerprint density at radius 1 is 1.22 bits per heavy atom. The van der Waals surface area contributed by atoms with Crippen LogP contribution in [-0.2, 0) is 13.0 Å². The van der Waals surface area contributed by atoms with Crippen molar-refractivity contribution in [2.75, 3.05) is 13.1 Å². The average molecular weight is 311 g/mol. The molecule has 0 bridgehead atoms. The summed E-state index contributed by atoms with van der Waals surface area (Å²) in [4.78, 5) is 30.4. The minimum Gasteiger partial charge on any atom is -0.306 e. The van der Waals surface area contributed by atoms with Gasteiger partial charge in [-0.1, -0.05) is 12.8 Å². The number of fused-ring (bicyclic) bond motifs is 1. The van der Waals surface area contributed by atoms with Crippen LogP contribution in [0.1, 0.15) is 36.9 Å². The highest BCUT2D eigenvalue weighted by atomic mass is 16.1. The van der Waals surface area contributed by atoms with Crippen LogP contribution < -0.4 is 5.56 Å². The van der Waals surface area contributed by atoms with Crippen LogP contribution in [0.4, 0.5) is 0 Å². The van der Waals surface area contributed by atoms with Crippen LogP contribution >= 0.6 is 0 Å². The molecule has 120 valence electrons. The van der Waals surface area contributed by atoms with Crippen molar-refractivity contribution in [3.8, 4) is 11.4 Å². The van der Waals surface area contributed by atoms with Crippen molar-refractivity contribution >= 4 is 0 Å². The van der Waals surface area contributed by atoms with E-state index in [2.05, 4.69) is 19.9 Å². The van der Waals surface area contributed by atoms with E-state index >= 15 is 0 Å². The fourth-order valence-corrected chi connectivity index (χ4v) is 3.77. The van der Waals surface area contributed by atoms with E-state index in [-0.39, 0.29) is 5.56 Å². The predicted octanol–water partition coefficient (Wildman–Crippen LogP) is 1.78. The summed E-state index contributed by atoms with van der Waals surface area (Å²) >= 11 is 0. The molecule has 0 amide bonds. The zero-order valence-electron chi connectivity index (χ0n) is 13.2. The Bertz CT molecular complexity index is 736. The zero-order chi connectivity index (χ0) is 15.6. The molecule has 4 rings (SSSR count). The van der Waals surface area contributed by atoms with Crippen molar-refractivity contribution in [3.05, 3.63) is 40.3 Å². The summed E-state index contributed by atoms with van der Waals surface area (Å²) in [5.74, 6) is 1.39. The van der Waals surface area contributed by atoms with Crippen LogP contribution in [-0.4, -0.2) is 37.9 Å². The highest BCUT2D eigenvalue weighted by Gasteiger charge is 2.24. The summed E-state index contributed by atoms with van der Waals surface area (Å²) in [5, 5.41) is 0. The molecule has 23 heavy (non-hydrogen) atoms. The van der Waals surface area contributed by atoms with Gasteiger partial charge in [0.25, 0.3) is 5.56 Å². The molecule has 0 spiro atoms. The van der Waals surface area contributed by atoms with Gasteiger partial charge in [-0.05, 0) is 25.2 Å². The molecule has 1 saturated carbocycles. The number of hydrogen-bond acceptors (Lipinski definition) is 5. The second-order valence-electron chi connectivity index (χ2n) is 6.60. The summed E-state index contributed by atoms with van der Waals surface area (Å²) in [5.41, 5.74) is 2.49. The molecular formula is C17H21N5O. The van der Waals surface area contributed by atoms with Gasteiger partial charge in [-0.2, -0.15) is 0 Å². The van der Waals surface area contributed by atoms with E-state index in [4.69, 9.17) is 4.98 Å². The van der Waals surface area contributed by atoms with Crippen LogP contribution in [0.15, 0.2) is 23.5 Å². The maximum atomic E-state index is 12.4. The molecule has 1 aliphatic heterocycles. The number of rotatable bonds is 3. The molecule has 1 fully saturated rings. The topological polar surface area (TPSA) is 74.8 Å². The third-order valence-corrected chi connectivity index (χ3v) is 4.98. The van der Waals surface area contributed by atoms with E-state index in [1.54, 1.807) is 12.4 Å². The lowest BCUT2D eigenvalue weighted by Crippen LogP contribution is -2.37. The van der Waals surface area contributed by atoms with Crippen molar-refractivity contribution in [3.63, 3.8) is 0 Å². The molecule has 6 nitrogen and oxygen atoms in total. The Morgan fingerprint density at radius 3 is 2.78 bits per heavy atom. The van der Waals surface area contributed by atoms with Crippen molar-refractivity contribution in [2.45, 2.75) is 38.6 Å². The minimum absolute atomic E-state index is 0.0191. The number of aromatic nitrogens is 4. The maximum Gasteiger partial charge on any atom is 0.254 e. The molecule has 0 aromatic carbocycles. The van der Waals surface area contributed by atoms with Gasteiger partial charge >= 0.3 is 0 Å². The first-order chi connectivity index (χ1) is 11.3. The quantitative estimate of drug-likeness (QED) is 0.935. The van der Waals surface area contributed by atoms with Gasteiger partial charge in [0.1, 0.15) is 12.2 Å². The Balaban J connectivity index is 1.59. The van der Waals surface area contributed by atoms with E-state index in [9.17, 15) is 4.79 Å². The van der Waals surface area contributed by atoms with Crippen LogP contribution in [0.25, 0.3) is 11.4 Å². The molecule has 1 N–H and O–H groups in total. The number of hydrogen-bond donors (Lipinski definition) is 1. The summed E-state index contributed by atoms with van der Waals surface area (Å²) in [6.07, 6.45) is 11.0. The Morgan fingerprint density at radius 2 is 2.00 bits per heavy atom. The van der Waals surface area contributed by atoms with E-state index < -0.39 is 0 Å². The average Bonchev–Trinajstić information content (AvgIpc) is 3.08. The SMILES string of the molecule is O=c1[nH]c(-c2cncnc2)nc2c1CCN(CC1CCCC1)C2. The normalized spacial score (nSPS) is 19.0. The number of nitrogens with zero attached hydrogens (tertiary/aromatic N) is 4. The lowest BCUT2D eigenvalue weighted by molar-refractivity contribution is 0.211. The zero-order valence-corrected chi connectivity index (χ0v) is 13.2. The monoisotopic (exact) mass is 311 g/mol. The van der Waals surface area contributed by atoms with Crippen molar-refractivity contribution < 1.29 is 0 Å². The van der Waals surface area contributed by atoms with Gasteiger partial charge < -0.3 is 4.98 Å². The first kappa shape index (κ1) is 14.5. The van der Waals surface area contributed by atoms with Crippen LogP contribution in [0.2, 0.25) is 0 Å². The van der Waals surface area contributed by atoms with E-state index in [1.165, 1.54) is 32.0 Å². The molecule has 2 aromatic rings. The minimum atomic E-state index is -0.0191. The fourth-order valence-electron chi connectivity index (χ4n) is 3.77. The second-order valence-corrected chi connectivity index (χ2v) is 6.60. The molecule has 0 unspecified atom stereocenters. The number of H-pyrrole nitrogens is 1. The maximum absolute atomic E-state index is 12.4. The molecule has 3 heterocycles. The first-order valence-electron chi connectivity index (χ1n) is 8.39. The molecule has 6 heteroatoms. The molecule has 0 atom stereocenters. The molecule has 0 saturated heterocycles. The molecular weight excluding hydrogens is 290 g/mol. The lowest BCUT2D eigenvalue weighted by Gasteiger charge is -2.29. The van der Waals surface area contributed by atoms with Gasteiger partial charge in [0, 0.05) is 37.6 Å². The number of aromatic amines is 1. The van der Waals surface area contributed by atoms with Gasteiger partial charge in [-0.25, -0.2) is 15.0 Å². The van der Waals surface area contributed by atoms with Crippen LogP contribution in [0.5, 0.6) is 0 Å². The smallest absolute Gasteiger partial charge is 0.254 e. The lowest BCUT2D eigenvalue weighted by atomic mass is 10.0. The fraction of sp³-hybridized carbons (Fsp3) is 0.529. The molecule has 1 aliphatic carbocycles. The Hall–Kier alpha value is -2.08. The van der Waals surface area contributed by atoms with E-state index in [0.717, 1.165) is 48.8 Å². The molecule has 2 aromatic heterocycles. The highest BCUT2D eigenvalue weighted by Crippen LogP contribution is 2.27. The van der Waals surface area contributed by atoms with E-state index in [0.29, 0.717) is 5.82 Å². The second kappa shape index (κ2) is 6.20. The van der Waals surface area contributed by atoms with E-state index in [1.807, 2.05) is 0 Å². The van der Waals surface area contributed by atoms with Crippen LogP contribution in [0, 0.1) is 5.92 Å². The number of nitrogens with one attached hydrogen (secondary N) is 1. The highest BCUT2D eigenvalue weighted by molar-refractivity contribution is 5.52. The van der Waals surface area contributed by atoms with Gasteiger partial charge in [0.2, 0.25) is 0 Å². The van der Waals surface area contributed by atoms with Crippen LogP contribution in [0.3, 0.4) is 0 Å². The first-order valence-corrected chi connectivity index (χ1v) is 8.39. The van der Waals surface area contributed by atoms with Gasteiger partial charge in [0.05, 0.1) is 11.3 Å². The summed E-state index contributed by atoms with van der Waals surface area (Å²) in [6.45, 7) is 2.87. The Kier molecular flexibility index (Phi) is 3.91. The third kappa shape index (κ3) is 3.03. The van der Waals surface area contributed by atoms with Crippen molar-refractivity contribution in [1.82, 2.24) is 24.8 Å². The standard InChI is InChI=1S/C17H21N5O/c23-17-14-5-6-22(9-12-3-1-2-4-12)10-15(14)20-16(21-17)13-7-18-11-19-8-13/h7-8,11-12H,1-6,9-10H2,(H,20,21,23). The Labute approximate surface area is 135 Å². The van der Waals surface area contributed by atoms with Gasteiger partial charge in [0.15, 0.2) is 0 Å². The summed E-state index contributed by atoms with van der Waals surface area (Å²) < 4.78 is 0. The van der Waals surface area contributed by atoms with Gasteiger partial charge in [-0.3, -0.25) is 9.69 Å². The molecule has 2 aliphatic rings. The summed E-state index contributed by atoms with van der Waals surface area (Å²) in [6, 6.07) is 0. The molecule has 0 radical (unpaired) electrons. The summed E-state index contributed by atoms with van der Waals surface area (Å²) in [7, 11) is 0. The van der Waals surface area contributed by atoms with Crippen molar-refractivity contribution in [1.29, 1.82) is 0 Å². The predicted molar refractivity (Wildman–Crippen MR) is 86.8 cm³/mol. The van der Waals surface area contributed by atoms with Crippen molar-refractivity contribution in [2.24, 2.45) is 5.92 Å².